The summed E-state index contributed by atoms with van der Waals surface area (Å²) in [5.74, 6) is 0.293. The van der Waals surface area contributed by atoms with Gasteiger partial charge < -0.3 is 14.2 Å². The molecular weight excluding hydrogens is 320 g/mol. The van der Waals surface area contributed by atoms with E-state index in [1.54, 1.807) is 10.7 Å². The number of piperidine rings is 1. The minimum absolute atomic E-state index is 0.00601. The van der Waals surface area contributed by atoms with E-state index in [0.29, 0.717) is 25.1 Å². The van der Waals surface area contributed by atoms with Crippen molar-refractivity contribution in [2.24, 2.45) is 7.05 Å². The van der Waals surface area contributed by atoms with Gasteiger partial charge in [0, 0.05) is 45.7 Å². The van der Waals surface area contributed by atoms with Gasteiger partial charge in [0.2, 0.25) is 5.91 Å². The lowest BCUT2D eigenvalue weighted by molar-refractivity contribution is -0.130. The summed E-state index contributed by atoms with van der Waals surface area (Å²) in [5, 5.41) is 4.28. The molecule has 1 atom stereocenters. The molecule has 0 unspecified atom stereocenters. The topological polar surface area (TPSA) is 71.6 Å². The number of rotatable bonds is 2. The van der Waals surface area contributed by atoms with Crippen LogP contribution in [0.15, 0.2) is 35.4 Å². The number of hydrogen-bond acceptors (Lipinski definition) is 4. The molecule has 2 aliphatic rings. The molecule has 0 radical (unpaired) electrons. The minimum atomic E-state index is -0.229. The third kappa shape index (κ3) is 2.45. The Morgan fingerprint density at radius 1 is 1.32 bits per heavy atom. The summed E-state index contributed by atoms with van der Waals surface area (Å²) in [6.07, 6.45) is 8.93. The van der Waals surface area contributed by atoms with Crippen LogP contribution in [-0.4, -0.2) is 57.1 Å². The first-order valence-electron chi connectivity index (χ1n) is 8.58. The van der Waals surface area contributed by atoms with E-state index in [2.05, 4.69) is 5.10 Å². The summed E-state index contributed by atoms with van der Waals surface area (Å²) >= 11 is 0. The van der Waals surface area contributed by atoms with Gasteiger partial charge in [0.15, 0.2) is 0 Å². The Morgan fingerprint density at radius 2 is 2.08 bits per heavy atom. The Kier molecular flexibility index (Phi) is 3.67. The molecule has 4 rings (SSSR count). The highest BCUT2D eigenvalue weighted by Crippen LogP contribution is 2.48. The molecule has 2 amide bonds. The normalized spacial score (nSPS) is 22.8. The van der Waals surface area contributed by atoms with Gasteiger partial charge in [0.05, 0.1) is 23.6 Å². The Balaban J connectivity index is 1.56. The lowest BCUT2D eigenvalue weighted by Gasteiger charge is -2.46. The molecule has 25 heavy (non-hydrogen) atoms. The van der Waals surface area contributed by atoms with Gasteiger partial charge in [-0.1, -0.05) is 0 Å². The smallest absolute Gasteiger partial charge is 0.257 e. The van der Waals surface area contributed by atoms with Gasteiger partial charge in [0.1, 0.15) is 6.26 Å². The SMILES string of the molecule is CN1C(=O)C[C@H](c2cnn(C)c2)C12CCN(C(=O)c1ccoc1)CC2. The van der Waals surface area contributed by atoms with E-state index in [1.807, 2.05) is 36.3 Å². The molecule has 2 aliphatic heterocycles. The number of aryl methyl sites for hydroxylation is 1. The third-order valence-corrected chi connectivity index (χ3v) is 5.88. The molecule has 7 heteroatoms. The van der Waals surface area contributed by atoms with Gasteiger partial charge in [-0.05, 0) is 24.5 Å². The number of amides is 2. The maximum absolute atomic E-state index is 12.5. The fraction of sp³-hybridized carbons (Fsp3) is 0.500. The monoisotopic (exact) mass is 342 g/mol. The second-order valence-electron chi connectivity index (χ2n) is 7.06. The van der Waals surface area contributed by atoms with Gasteiger partial charge in [0.25, 0.3) is 5.91 Å². The van der Waals surface area contributed by atoms with Crippen molar-refractivity contribution in [3.63, 3.8) is 0 Å². The highest BCUT2D eigenvalue weighted by Gasteiger charge is 2.53. The summed E-state index contributed by atoms with van der Waals surface area (Å²) in [6, 6.07) is 1.69. The highest BCUT2D eigenvalue weighted by atomic mass is 16.3. The maximum atomic E-state index is 12.5. The van der Waals surface area contributed by atoms with Crippen LogP contribution in [0.5, 0.6) is 0 Å². The van der Waals surface area contributed by atoms with Crippen molar-refractivity contribution >= 4 is 11.8 Å². The molecule has 0 bridgehead atoms. The second-order valence-corrected chi connectivity index (χ2v) is 7.06. The zero-order valence-corrected chi connectivity index (χ0v) is 14.5. The molecule has 0 N–H and O–H groups in total. The van der Waals surface area contributed by atoms with E-state index < -0.39 is 0 Å². The lowest BCUT2D eigenvalue weighted by Crippen LogP contribution is -2.55. The van der Waals surface area contributed by atoms with Gasteiger partial charge >= 0.3 is 0 Å². The van der Waals surface area contributed by atoms with Crippen LogP contribution in [-0.2, 0) is 11.8 Å². The van der Waals surface area contributed by atoms with Crippen LogP contribution in [0, 0.1) is 0 Å². The fourth-order valence-corrected chi connectivity index (χ4v) is 4.38. The number of furan rings is 1. The van der Waals surface area contributed by atoms with Gasteiger partial charge in [-0.3, -0.25) is 14.3 Å². The molecular formula is C18H22N4O3. The van der Waals surface area contributed by atoms with E-state index in [4.69, 9.17) is 4.42 Å². The predicted molar refractivity (Wildman–Crippen MR) is 89.9 cm³/mol. The molecule has 2 aromatic rings. The van der Waals surface area contributed by atoms with E-state index in [1.165, 1.54) is 12.5 Å². The zero-order valence-electron chi connectivity index (χ0n) is 14.5. The first-order chi connectivity index (χ1) is 12.0. The molecule has 4 heterocycles. The van der Waals surface area contributed by atoms with Crippen LogP contribution in [0.4, 0.5) is 0 Å². The van der Waals surface area contributed by atoms with Crippen molar-refractivity contribution in [2.45, 2.75) is 30.7 Å². The van der Waals surface area contributed by atoms with Crippen LogP contribution in [0.3, 0.4) is 0 Å². The molecule has 2 saturated heterocycles. The number of hydrogen-bond donors (Lipinski definition) is 0. The van der Waals surface area contributed by atoms with Crippen molar-refractivity contribution in [3.05, 3.63) is 42.1 Å². The lowest BCUT2D eigenvalue weighted by atomic mass is 9.74. The van der Waals surface area contributed by atoms with Crippen molar-refractivity contribution in [1.29, 1.82) is 0 Å². The van der Waals surface area contributed by atoms with Crippen molar-refractivity contribution in [3.8, 4) is 0 Å². The third-order valence-electron chi connectivity index (χ3n) is 5.88. The quantitative estimate of drug-likeness (QED) is 0.832. The van der Waals surface area contributed by atoms with E-state index in [9.17, 15) is 9.59 Å². The van der Waals surface area contributed by atoms with Crippen molar-refractivity contribution in [1.82, 2.24) is 19.6 Å². The van der Waals surface area contributed by atoms with Crippen LogP contribution in [0.2, 0.25) is 0 Å². The van der Waals surface area contributed by atoms with Crippen molar-refractivity contribution < 1.29 is 14.0 Å². The molecule has 0 saturated carbocycles. The average molecular weight is 342 g/mol. The summed E-state index contributed by atoms with van der Waals surface area (Å²) in [4.78, 5) is 28.7. The number of likely N-dealkylation sites (tertiary alicyclic amines) is 2. The van der Waals surface area contributed by atoms with Crippen molar-refractivity contribution in [2.75, 3.05) is 20.1 Å². The zero-order chi connectivity index (χ0) is 17.6. The fourth-order valence-electron chi connectivity index (χ4n) is 4.38. The largest absolute Gasteiger partial charge is 0.472 e. The Morgan fingerprint density at radius 3 is 2.68 bits per heavy atom. The second kappa shape index (κ2) is 5.75. The Labute approximate surface area is 146 Å². The van der Waals surface area contributed by atoms with Gasteiger partial charge in [-0.15, -0.1) is 0 Å². The van der Waals surface area contributed by atoms with E-state index >= 15 is 0 Å². The Hall–Kier alpha value is -2.57. The Bertz CT molecular complexity index is 787. The van der Waals surface area contributed by atoms with Crippen LogP contribution < -0.4 is 0 Å². The molecule has 2 fully saturated rings. The molecule has 0 aliphatic carbocycles. The number of likely N-dealkylation sites (N-methyl/N-ethyl adjacent to an activating group) is 1. The van der Waals surface area contributed by atoms with Gasteiger partial charge in [-0.2, -0.15) is 5.10 Å². The van der Waals surface area contributed by atoms with Crippen LogP contribution in [0.25, 0.3) is 0 Å². The summed E-state index contributed by atoms with van der Waals surface area (Å²) in [7, 11) is 3.79. The van der Waals surface area contributed by atoms with Gasteiger partial charge in [-0.25, -0.2) is 0 Å². The summed E-state index contributed by atoms with van der Waals surface area (Å²) in [6.45, 7) is 1.27. The molecule has 0 aromatic carbocycles. The highest BCUT2D eigenvalue weighted by molar-refractivity contribution is 5.94. The van der Waals surface area contributed by atoms with E-state index in [-0.39, 0.29) is 23.3 Å². The van der Waals surface area contributed by atoms with Crippen LogP contribution >= 0.6 is 0 Å². The predicted octanol–water partition coefficient (Wildman–Crippen LogP) is 1.63. The standard InChI is InChI=1S/C18H22N4O3/c1-20-11-14(10-19-20)15-9-16(23)21(2)18(15)4-6-22(7-5-18)17(24)13-3-8-25-12-13/h3,8,10-12,15H,4-7,9H2,1-2H3/t15-/m1/s1. The number of carbonyl (C=O) groups excluding carboxylic acids is 2. The average Bonchev–Trinajstić information content (AvgIpc) is 3.33. The number of nitrogens with zero attached hydrogens (tertiary/aromatic N) is 4. The van der Waals surface area contributed by atoms with E-state index in [0.717, 1.165) is 18.4 Å². The molecule has 7 nitrogen and oxygen atoms in total. The first kappa shape index (κ1) is 15.9. The minimum Gasteiger partial charge on any atom is -0.472 e. The maximum Gasteiger partial charge on any atom is 0.257 e. The van der Waals surface area contributed by atoms with Crippen LogP contribution in [0.1, 0.15) is 41.1 Å². The summed E-state index contributed by atoms with van der Waals surface area (Å²) < 4.78 is 6.80. The molecule has 1 spiro atoms. The molecule has 2 aromatic heterocycles. The summed E-state index contributed by atoms with van der Waals surface area (Å²) in [5.41, 5.74) is 1.46. The molecule has 132 valence electrons. The first-order valence-corrected chi connectivity index (χ1v) is 8.58. The number of aromatic nitrogens is 2. The number of carbonyl (C=O) groups is 2.